The maximum Gasteiger partial charge on any atom is 0.0326 e. The predicted octanol–water partition coefficient (Wildman–Crippen LogP) is 2.56. The van der Waals surface area contributed by atoms with E-state index in [2.05, 4.69) is 48.3 Å². The first-order valence-electron chi connectivity index (χ1n) is 6.71. The van der Waals surface area contributed by atoms with Crippen LogP contribution in [0.15, 0.2) is 24.3 Å². The molecule has 2 heterocycles. The number of rotatable bonds is 2. The van der Waals surface area contributed by atoms with Crippen molar-refractivity contribution in [2.24, 2.45) is 5.41 Å². The molecule has 1 aromatic carbocycles. The zero-order valence-electron chi connectivity index (χ0n) is 10.9. The summed E-state index contributed by atoms with van der Waals surface area (Å²) in [5.41, 5.74) is 3.52. The SMILES string of the molecule is CC1c2ccccc2CN1CC1(C)CCNC1. The molecule has 1 saturated heterocycles. The van der Waals surface area contributed by atoms with E-state index in [1.165, 1.54) is 37.2 Å². The van der Waals surface area contributed by atoms with Crippen molar-refractivity contribution in [3.05, 3.63) is 35.4 Å². The molecule has 0 amide bonds. The molecule has 1 N–H and O–H groups in total. The molecule has 0 saturated carbocycles. The largest absolute Gasteiger partial charge is 0.316 e. The number of hydrogen-bond donors (Lipinski definition) is 1. The number of hydrogen-bond acceptors (Lipinski definition) is 2. The van der Waals surface area contributed by atoms with Crippen molar-refractivity contribution in [2.45, 2.75) is 32.9 Å². The lowest BCUT2D eigenvalue weighted by atomic mass is 9.89. The number of fused-ring (bicyclic) bond motifs is 1. The Labute approximate surface area is 104 Å². The lowest BCUT2D eigenvalue weighted by Crippen LogP contribution is -2.35. The van der Waals surface area contributed by atoms with Crippen molar-refractivity contribution in [2.75, 3.05) is 19.6 Å². The van der Waals surface area contributed by atoms with Gasteiger partial charge in [-0.1, -0.05) is 31.2 Å². The fraction of sp³-hybridized carbons (Fsp3) is 0.600. The fourth-order valence-electron chi connectivity index (χ4n) is 3.32. The van der Waals surface area contributed by atoms with Gasteiger partial charge in [0.15, 0.2) is 0 Å². The summed E-state index contributed by atoms with van der Waals surface area (Å²) in [5, 5.41) is 3.50. The molecule has 0 radical (unpaired) electrons. The summed E-state index contributed by atoms with van der Waals surface area (Å²) in [6, 6.07) is 9.48. The molecule has 2 nitrogen and oxygen atoms in total. The molecule has 0 bridgehead atoms. The van der Waals surface area contributed by atoms with Crippen molar-refractivity contribution in [3.63, 3.8) is 0 Å². The Bertz CT molecular complexity index is 407. The third kappa shape index (κ3) is 2.00. The first kappa shape index (κ1) is 11.2. The van der Waals surface area contributed by atoms with Gasteiger partial charge in [0, 0.05) is 25.7 Å². The fourth-order valence-corrected chi connectivity index (χ4v) is 3.32. The van der Waals surface area contributed by atoms with Crippen LogP contribution in [0.2, 0.25) is 0 Å². The molecule has 2 aliphatic rings. The summed E-state index contributed by atoms with van der Waals surface area (Å²) in [5.74, 6) is 0. The standard InChI is InChI=1S/C15H22N2/c1-12-14-6-4-3-5-13(14)9-17(12)11-15(2)7-8-16-10-15/h3-6,12,16H,7-11H2,1-2H3. The normalized spacial score (nSPS) is 32.9. The lowest BCUT2D eigenvalue weighted by Gasteiger charge is -2.31. The Morgan fingerprint density at radius 3 is 2.94 bits per heavy atom. The zero-order valence-corrected chi connectivity index (χ0v) is 10.9. The molecule has 2 unspecified atom stereocenters. The average molecular weight is 230 g/mol. The first-order valence-corrected chi connectivity index (χ1v) is 6.71. The second-order valence-corrected chi connectivity index (χ2v) is 6.02. The zero-order chi connectivity index (χ0) is 11.9. The third-order valence-electron chi connectivity index (χ3n) is 4.47. The molecule has 17 heavy (non-hydrogen) atoms. The monoisotopic (exact) mass is 230 g/mol. The Morgan fingerprint density at radius 1 is 1.41 bits per heavy atom. The van der Waals surface area contributed by atoms with Crippen LogP contribution >= 0.6 is 0 Å². The van der Waals surface area contributed by atoms with Crippen LogP contribution in [0, 0.1) is 5.41 Å². The Kier molecular flexibility index (Phi) is 2.72. The van der Waals surface area contributed by atoms with Crippen LogP contribution in [0.4, 0.5) is 0 Å². The highest BCUT2D eigenvalue weighted by molar-refractivity contribution is 5.33. The van der Waals surface area contributed by atoms with Gasteiger partial charge >= 0.3 is 0 Å². The highest BCUT2D eigenvalue weighted by atomic mass is 15.2. The van der Waals surface area contributed by atoms with Gasteiger partial charge in [0.1, 0.15) is 0 Å². The molecule has 92 valence electrons. The number of benzene rings is 1. The lowest BCUT2D eigenvalue weighted by molar-refractivity contribution is 0.147. The van der Waals surface area contributed by atoms with E-state index in [0.29, 0.717) is 11.5 Å². The minimum absolute atomic E-state index is 0.469. The van der Waals surface area contributed by atoms with E-state index in [1.807, 2.05) is 0 Å². The summed E-state index contributed by atoms with van der Waals surface area (Å²) in [6.07, 6.45) is 1.31. The molecule has 0 aliphatic carbocycles. The summed E-state index contributed by atoms with van der Waals surface area (Å²) in [7, 11) is 0. The van der Waals surface area contributed by atoms with E-state index in [0.717, 1.165) is 6.54 Å². The second kappa shape index (κ2) is 4.11. The topological polar surface area (TPSA) is 15.3 Å². The predicted molar refractivity (Wildman–Crippen MR) is 70.9 cm³/mol. The molecule has 1 fully saturated rings. The number of nitrogens with one attached hydrogen (secondary N) is 1. The van der Waals surface area contributed by atoms with Gasteiger partial charge in [0.05, 0.1) is 0 Å². The van der Waals surface area contributed by atoms with E-state index < -0.39 is 0 Å². The Balaban J connectivity index is 1.75. The van der Waals surface area contributed by atoms with Crippen LogP contribution in [0.5, 0.6) is 0 Å². The molecular weight excluding hydrogens is 208 g/mol. The van der Waals surface area contributed by atoms with Gasteiger partial charge in [0.2, 0.25) is 0 Å². The van der Waals surface area contributed by atoms with Crippen molar-refractivity contribution < 1.29 is 0 Å². The Hall–Kier alpha value is -0.860. The van der Waals surface area contributed by atoms with Crippen LogP contribution < -0.4 is 5.32 Å². The van der Waals surface area contributed by atoms with Gasteiger partial charge in [-0.15, -0.1) is 0 Å². The van der Waals surface area contributed by atoms with Crippen molar-refractivity contribution in [1.29, 1.82) is 0 Å². The van der Waals surface area contributed by atoms with Gasteiger partial charge in [-0.05, 0) is 36.4 Å². The second-order valence-electron chi connectivity index (χ2n) is 6.02. The van der Waals surface area contributed by atoms with Crippen molar-refractivity contribution in [1.82, 2.24) is 10.2 Å². The summed E-state index contributed by atoms with van der Waals surface area (Å²) >= 11 is 0. The van der Waals surface area contributed by atoms with Crippen molar-refractivity contribution >= 4 is 0 Å². The van der Waals surface area contributed by atoms with Gasteiger partial charge in [0.25, 0.3) is 0 Å². The van der Waals surface area contributed by atoms with E-state index in [1.54, 1.807) is 0 Å². The minimum Gasteiger partial charge on any atom is -0.316 e. The van der Waals surface area contributed by atoms with Crippen LogP contribution in [-0.2, 0) is 6.54 Å². The molecule has 2 atom stereocenters. The van der Waals surface area contributed by atoms with Gasteiger partial charge in [-0.3, -0.25) is 4.90 Å². The van der Waals surface area contributed by atoms with E-state index in [-0.39, 0.29) is 0 Å². The van der Waals surface area contributed by atoms with E-state index in [9.17, 15) is 0 Å². The summed E-state index contributed by atoms with van der Waals surface area (Å²) < 4.78 is 0. The smallest absolute Gasteiger partial charge is 0.0326 e. The maximum atomic E-state index is 3.50. The highest BCUT2D eigenvalue weighted by Crippen LogP contribution is 2.37. The number of nitrogens with zero attached hydrogens (tertiary/aromatic N) is 1. The maximum absolute atomic E-state index is 3.50. The van der Waals surface area contributed by atoms with Gasteiger partial charge in [-0.2, -0.15) is 0 Å². The van der Waals surface area contributed by atoms with Crippen LogP contribution in [0.1, 0.15) is 37.4 Å². The van der Waals surface area contributed by atoms with Crippen LogP contribution in [0.25, 0.3) is 0 Å². The average Bonchev–Trinajstić information content (AvgIpc) is 2.86. The molecule has 2 aliphatic heterocycles. The molecular formula is C15H22N2. The van der Waals surface area contributed by atoms with E-state index in [4.69, 9.17) is 0 Å². The Morgan fingerprint density at radius 2 is 2.24 bits per heavy atom. The minimum atomic E-state index is 0.469. The molecule has 3 rings (SSSR count). The van der Waals surface area contributed by atoms with Crippen LogP contribution in [0.3, 0.4) is 0 Å². The molecule has 0 spiro atoms. The highest BCUT2D eigenvalue weighted by Gasteiger charge is 2.35. The third-order valence-corrected chi connectivity index (χ3v) is 4.47. The van der Waals surface area contributed by atoms with E-state index >= 15 is 0 Å². The van der Waals surface area contributed by atoms with Crippen LogP contribution in [-0.4, -0.2) is 24.5 Å². The molecule has 0 aromatic heterocycles. The summed E-state index contributed by atoms with van der Waals surface area (Å²) in [6.45, 7) is 9.47. The van der Waals surface area contributed by atoms with Gasteiger partial charge in [-0.25, -0.2) is 0 Å². The van der Waals surface area contributed by atoms with Crippen molar-refractivity contribution in [3.8, 4) is 0 Å². The first-order chi connectivity index (χ1) is 8.18. The quantitative estimate of drug-likeness (QED) is 0.840. The molecule has 2 heteroatoms. The molecule has 1 aromatic rings. The summed E-state index contributed by atoms with van der Waals surface area (Å²) in [4.78, 5) is 2.64. The van der Waals surface area contributed by atoms with Gasteiger partial charge < -0.3 is 5.32 Å².